The Kier molecular flexibility index (Phi) is 4.18. The fourth-order valence-corrected chi connectivity index (χ4v) is 1.45. The van der Waals surface area contributed by atoms with Crippen LogP contribution < -0.4 is 10.6 Å². The van der Waals surface area contributed by atoms with Crippen LogP contribution in [0.3, 0.4) is 0 Å². The van der Waals surface area contributed by atoms with Gasteiger partial charge in [-0.05, 0) is 25.7 Å². The van der Waals surface area contributed by atoms with Gasteiger partial charge in [0.2, 0.25) is 0 Å². The van der Waals surface area contributed by atoms with Crippen molar-refractivity contribution in [1.29, 1.82) is 0 Å². The Morgan fingerprint density at radius 2 is 2.12 bits per heavy atom. The lowest BCUT2D eigenvalue weighted by molar-refractivity contribution is -0.139. The van der Waals surface area contributed by atoms with E-state index in [1.807, 2.05) is 0 Å². The highest BCUT2D eigenvalue weighted by molar-refractivity contribution is 5.83. The molecule has 3 N–H and O–H groups in total. The van der Waals surface area contributed by atoms with Crippen LogP contribution in [-0.2, 0) is 4.79 Å². The summed E-state index contributed by atoms with van der Waals surface area (Å²) in [4.78, 5) is 22.3. The highest BCUT2D eigenvalue weighted by Gasteiger charge is 2.37. The van der Waals surface area contributed by atoms with E-state index in [2.05, 4.69) is 16.6 Å². The molecule has 88 valence electrons. The van der Waals surface area contributed by atoms with Gasteiger partial charge in [-0.2, -0.15) is 0 Å². The maximum atomic E-state index is 11.4. The number of rotatable bonds is 5. The van der Waals surface area contributed by atoms with Crippen LogP contribution in [0.15, 0.2) is 0 Å². The number of nitrogens with one attached hydrogen (secondary N) is 2. The van der Waals surface area contributed by atoms with Crippen molar-refractivity contribution in [3.8, 4) is 12.3 Å². The molecule has 0 saturated heterocycles. The van der Waals surface area contributed by atoms with Gasteiger partial charge in [0.15, 0.2) is 0 Å². The van der Waals surface area contributed by atoms with Crippen molar-refractivity contribution in [3.63, 3.8) is 0 Å². The van der Waals surface area contributed by atoms with Gasteiger partial charge in [-0.15, -0.1) is 12.3 Å². The van der Waals surface area contributed by atoms with E-state index in [4.69, 9.17) is 11.5 Å². The van der Waals surface area contributed by atoms with Crippen molar-refractivity contribution in [1.82, 2.24) is 10.6 Å². The van der Waals surface area contributed by atoms with E-state index >= 15 is 0 Å². The lowest BCUT2D eigenvalue weighted by Gasteiger charge is -2.16. The van der Waals surface area contributed by atoms with Gasteiger partial charge in [0.05, 0.1) is 0 Å². The van der Waals surface area contributed by atoms with Crippen LogP contribution in [0, 0.1) is 18.3 Å². The van der Waals surface area contributed by atoms with Crippen molar-refractivity contribution in [2.24, 2.45) is 5.92 Å². The standard InChI is InChI=1S/C11H16N2O3/c1-3-4-7(2)12-11(16)13-9(10(14)15)8-5-6-8/h1,7-9H,4-6H2,2H3,(H,14,15)(H2,12,13,16). The number of hydrogen-bond donors (Lipinski definition) is 3. The predicted octanol–water partition coefficient (Wildman–Crippen LogP) is 0.561. The Hall–Kier alpha value is -1.70. The first-order valence-corrected chi connectivity index (χ1v) is 5.28. The molecule has 0 aromatic rings. The van der Waals surface area contributed by atoms with Gasteiger partial charge in [0.1, 0.15) is 6.04 Å². The zero-order valence-electron chi connectivity index (χ0n) is 9.19. The fourth-order valence-electron chi connectivity index (χ4n) is 1.45. The third-order valence-electron chi connectivity index (χ3n) is 2.45. The van der Waals surface area contributed by atoms with E-state index in [1.54, 1.807) is 6.92 Å². The lowest BCUT2D eigenvalue weighted by atomic mass is 10.2. The number of carboxylic acids is 1. The maximum absolute atomic E-state index is 11.4. The van der Waals surface area contributed by atoms with E-state index < -0.39 is 18.0 Å². The first kappa shape index (κ1) is 12.4. The van der Waals surface area contributed by atoms with Gasteiger partial charge >= 0.3 is 12.0 Å². The Labute approximate surface area is 94.6 Å². The molecule has 0 aromatic heterocycles. The molecule has 1 aliphatic rings. The Morgan fingerprint density at radius 3 is 2.56 bits per heavy atom. The van der Waals surface area contributed by atoms with E-state index in [-0.39, 0.29) is 12.0 Å². The van der Waals surface area contributed by atoms with Gasteiger partial charge in [-0.3, -0.25) is 0 Å². The van der Waals surface area contributed by atoms with Crippen LogP contribution in [0.4, 0.5) is 4.79 Å². The summed E-state index contributed by atoms with van der Waals surface area (Å²) in [5.74, 6) is 1.52. The predicted molar refractivity (Wildman–Crippen MR) is 58.7 cm³/mol. The molecule has 0 bridgehead atoms. The minimum Gasteiger partial charge on any atom is -0.480 e. The van der Waals surface area contributed by atoms with Crippen molar-refractivity contribution in [2.45, 2.75) is 38.3 Å². The van der Waals surface area contributed by atoms with E-state index in [0.717, 1.165) is 12.8 Å². The smallest absolute Gasteiger partial charge is 0.326 e. The van der Waals surface area contributed by atoms with E-state index in [0.29, 0.717) is 6.42 Å². The minimum atomic E-state index is -0.984. The van der Waals surface area contributed by atoms with Gasteiger partial charge in [0, 0.05) is 12.5 Å². The summed E-state index contributed by atoms with van der Waals surface area (Å²) >= 11 is 0. The molecule has 0 aliphatic heterocycles. The largest absolute Gasteiger partial charge is 0.480 e. The van der Waals surface area contributed by atoms with Crippen molar-refractivity contribution >= 4 is 12.0 Å². The van der Waals surface area contributed by atoms with Crippen molar-refractivity contribution < 1.29 is 14.7 Å². The van der Waals surface area contributed by atoms with Crippen LogP contribution in [0.5, 0.6) is 0 Å². The van der Waals surface area contributed by atoms with Gasteiger partial charge in [-0.1, -0.05) is 0 Å². The van der Waals surface area contributed by atoms with Crippen molar-refractivity contribution in [3.05, 3.63) is 0 Å². The second-order valence-corrected chi connectivity index (χ2v) is 4.08. The first-order valence-electron chi connectivity index (χ1n) is 5.28. The molecule has 2 amide bonds. The topological polar surface area (TPSA) is 78.4 Å². The number of carbonyl (C=O) groups excluding carboxylic acids is 1. The SMILES string of the molecule is C#CCC(C)NC(=O)NC(C(=O)O)C1CC1. The molecule has 0 radical (unpaired) electrons. The Balaban J connectivity index is 2.37. The monoisotopic (exact) mass is 224 g/mol. The highest BCUT2D eigenvalue weighted by atomic mass is 16.4. The number of carboxylic acid groups (broad SMARTS) is 1. The zero-order chi connectivity index (χ0) is 12.1. The molecule has 0 aromatic carbocycles. The Bertz CT molecular complexity index is 318. The summed E-state index contributed by atoms with van der Waals surface area (Å²) in [6, 6.07) is -1.40. The average Bonchev–Trinajstić information content (AvgIpc) is 2.97. The zero-order valence-corrected chi connectivity index (χ0v) is 9.19. The molecule has 5 heteroatoms. The first-order chi connectivity index (χ1) is 7.54. The molecule has 2 unspecified atom stereocenters. The number of aliphatic carboxylic acids is 1. The number of hydrogen-bond acceptors (Lipinski definition) is 2. The molecule has 5 nitrogen and oxygen atoms in total. The van der Waals surface area contributed by atoms with Crippen LogP contribution in [0.25, 0.3) is 0 Å². The van der Waals surface area contributed by atoms with Gasteiger partial charge in [-0.25, -0.2) is 9.59 Å². The van der Waals surface area contributed by atoms with E-state index in [1.165, 1.54) is 0 Å². The number of carbonyl (C=O) groups is 2. The summed E-state index contributed by atoms with van der Waals surface area (Å²) in [6.07, 6.45) is 7.24. The van der Waals surface area contributed by atoms with Crippen molar-refractivity contribution in [2.75, 3.05) is 0 Å². The third kappa shape index (κ3) is 3.81. The molecule has 16 heavy (non-hydrogen) atoms. The summed E-state index contributed by atoms with van der Waals surface area (Å²) in [6.45, 7) is 1.77. The maximum Gasteiger partial charge on any atom is 0.326 e. The molecule has 1 rings (SSSR count). The number of urea groups is 1. The normalized spacial score (nSPS) is 18.0. The number of terminal acetylenes is 1. The minimum absolute atomic E-state index is 0.0752. The van der Waals surface area contributed by atoms with Gasteiger partial charge in [0.25, 0.3) is 0 Å². The molecule has 1 aliphatic carbocycles. The van der Waals surface area contributed by atoms with Gasteiger partial charge < -0.3 is 15.7 Å². The molecule has 1 fully saturated rings. The second-order valence-electron chi connectivity index (χ2n) is 4.08. The molecule has 0 heterocycles. The average molecular weight is 224 g/mol. The van der Waals surface area contributed by atoms with Crippen LogP contribution in [-0.4, -0.2) is 29.2 Å². The Morgan fingerprint density at radius 1 is 1.50 bits per heavy atom. The molecule has 1 saturated carbocycles. The quantitative estimate of drug-likeness (QED) is 0.597. The summed E-state index contributed by atoms with van der Waals surface area (Å²) in [5.41, 5.74) is 0. The lowest BCUT2D eigenvalue weighted by Crippen LogP contribution is -2.49. The molecule has 2 atom stereocenters. The summed E-state index contributed by atoms with van der Waals surface area (Å²) in [7, 11) is 0. The molecule has 0 spiro atoms. The highest BCUT2D eigenvalue weighted by Crippen LogP contribution is 2.32. The van der Waals surface area contributed by atoms with Crippen LogP contribution in [0.1, 0.15) is 26.2 Å². The van der Waals surface area contributed by atoms with Crippen LogP contribution in [0.2, 0.25) is 0 Å². The molecular weight excluding hydrogens is 208 g/mol. The summed E-state index contributed by atoms with van der Waals surface area (Å²) < 4.78 is 0. The fraction of sp³-hybridized carbons (Fsp3) is 0.636. The third-order valence-corrected chi connectivity index (χ3v) is 2.45. The molecular formula is C11H16N2O3. The second kappa shape index (κ2) is 5.40. The van der Waals surface area contributed by atoms with Crippen LogP contribution >= 0.6 is 0 Å². The summed E-state index contributed by atoms with van der Waals surface area (Å²) in [5, 5.41) is 13.9. The number of amides is 2. The van der Waals surface area contributed by atoms with E-state index in [9.17, 15) is 9.59 Å².